The molecule has 2 rings (SSSR count). The van der Waals surface area contributed by atoms with Crippen LogP contribution in [0.3, 0.4) is 0 Å². The summed E-state index contributed by atoms with van der Waals surface area (Å²) >= 11 is 0. The number of carbonyl (C=O) groups is 1. The van der Waals surface area contributed by atoms with Gasteiger partial charge in [-0.1, -0.05) is 0 Å². The number of rotatable bonds is 4. The van der Waals surface area contributed by atoms with Gasteiger partial charge >= 0.3 is 0 Å². The summed E-state index contributed by atoms with van der Waals surface area (Å²) in [5.41, 5.74) is 0. The lowest BCUT2D eigenvalue weighted by Crippen LogP contribution is -2.49. The average Bonchev–Trinajstić information content (AvgIpc) is 2.40. The molecule has 2 aliphatic rings. The molecule has 0 aromatic rings. The van der Waals surface area contributed by atoms with E-state index in [1.165, 1.54) is 32.1 Å². The van der Waals surface area contributed by atoms with Crippen molar-refractivity contribution in [2.45, 2.75) is 45.1 Å². The van der Waals surface area contributed by atoms with Gasteiger partial charge in [0.15, 0.2) is 0 Å². The third kappa shape index (κ3) is 4.18. The molecule has 4 heteroatoms. The highest BCUT2D eigenvalue weighted by Gasteiger charge is 2.26. The van der Waals surface area contributed by atoms with Crippen molar-refractivity contribution in [3.05, 3.63) is 0 Å². The van der Waals surface area contributed by atoms with E-state index in [-0.39, 0.29) is 0 Å². The van der Waals surface area contributed by atoms with E-state index >= 15 is 0 Å². The molecule has 110 valence electrons. The Morgan fingerprint density at radius 1 is 1.21 bits per heavy atom. The zero-order chi connectivity index (χ0) is 13.7. The van der Waals surface area contributed by atoms with Crippen molar-refractivity contribution in [2.75, 3.05) is 39.8 Å². The van der Waals surface area contributed by atoms with E-state index in [1.54, 1.807) is 0 Å². The van der Waals surface area contributed by atoms with Crippen LogP contribution in [-0.2, 0) is 4.79 Å². The molecule has 0 aromatic heterocycles. The van der Waals surface area contributed by atoms with Crippen LogP contribution in [-0.4, -0.2) is 61.5 Å². The predicted octanol–water partition coefficient (Wildman–Crippen LogP) is 1.32. The van der Waals surface area contributed by atoms with Gasteiger partial charge in [-0.05, 0) is 65.1 Å². The van der Waals surface area contributed by atoms with Gasteiger partial charge in [0.1, 0.15) is 0 Å². The second-order valence-electron chi connectivity index (χ2n) is 6.23. The van der Waals surface area contributed by atoms with E-state index in [4.69, 9.17) is 0 Å². The SMILES string of the molecule is CNCC1CCCN(CC(=O)N2CCCCC2C)C1. The molecule has 0 radical (unpaired) electrons. The Hall–Kier alpha value is -0.610. The van der Waals surface area contributed by atoms with Crippen molar-refractivity contribution >= 4 is 5.91 Å². The van der Waals surface area contributed by atoms with Gasteiger partial charge in [-0.2, -0.15) is 0 Å². The molecule has 0 bridgehead atoms. The normalized spacial score (nSPS) is 29.5. The molecule has 1 N–H and O–H groups in total. The van der Waals surface area contributed by atoms with Gasteiger partial charge in [0.25, 0.3) is 0 Å². The third-order valence-corrected chi connectivity index (χ3v) is 4.58. The number of nitrogens with one attached hydrogen (secondary N) is 1. The maximum atomic E-state index is 12.4. The highest BCUT2D eigenvalue weighted by atomic mass is 16.2. The minimum atomic E-state index is 0.345. The minimum Gasteiger partial charge on any atom is -0.339 e. The third-order valence-electron chi connectivity index (χ3n) is 4.58. The molecule has 2 fully saturated rings. The van der Waals surface area contributed by atoms with Crippen molar-refractivity contribution in [2.24, 2.45) is 5.92 Å². The van der Waals surface area contributed by atoms with Crippen LogP contribution in [0.15, 0.2) is 0 Å². The van der Waals surface area contributed by atoms with Crippen LogP contribution in [0.25, 0.3) is 0 Å². The van der Waals surface area contributed by atoms with Gasteiger partial charge in [0, 0.05) is 19.1 Å². The lowest BCUT2D eigenvalue weighted by molar-refractivity contribution is -0.136. The Morgan fingerprint density at radius 3 is 2.79 bits per heavy atom. The molecular weight excluding hydrogens is 238 g/mol. The van der Waals surface area contributed by atoms with Crippen LogP contribution in [0, 0.1) is 5.92 Å². The lowest BCUT2D eigenvalue weighted by Gasteiger charge is -2.37. The van der Waals surface area contributed by atoms with Gasteiger partial charge in [-0.15, -0.1) is 0 Å². The first-order valence-electron chi connectivity index (χ1n) is 7.87. The van der Waals surface area contributed by atoms with Crippen molar-refractivity contribution in [3.63, 3.8) is 0 Å². The summed E-state index contributed by atoms with van der Waals surface area (Å²) < 4.78 is 0. The van der Waals surface area contributed by atoms with Crippen LogP contribution in [0.2, 0.25) is 0 Å². The second-order valence-corrected chi connectivity index (χ2v) is 6.23. The van der Waals surface area contributed by atoms with Gasteiger partial charge < -0.3 is 10.2 Å². The zero-order valence-electron chi connectivity index (χ0n) is 12.5. The van der Waals surface area contributed by atoms with Crippen molar-refractivity contribution in [3.8, 4) is 0 Å². The molecule has 1 amide bonds. The Labute approximate surface area is 117 Å². The predicted molar refractivity (Wildman–Crippen MR) is 78.1 cm³/mol. The average molecular weight is 267 g/mol. The molecule has 0 spiro atoms. The molecule has 2 unspecified atom stereocenters. The molecule has 0 aliphatic carbocycles. The summed E-state index contributed by atoms with van der Waals surface area (Å²) in [4.78, 5) is 16.9. The van der Waals surface area contributed by atoms with Crippen molar-refractivity contribution in [1.82, 2.24) is 15.1 Å². The lowest BCUT2D eigenvalue weighted by atomic mass is 9.98. The van der Waals surface area contributed by atoms with E-state index in [0.717, 1.165) is 26.2 Å². The van der Waals surface area contributed by atoms with E-state index in [9.17, 15) is 4.79 Å². The van der Waals surface area contributed by atoms with E-state index in [2.05, 4.69) is 22.0 Å². The fraction of sp³-hybridized carbons (Fsp3) is 0.933. The van der Waals surface area contributed by atoms with Crippen LogP contribution in [0.4, 0.5) is 0 Å². The second kappa shape index (κ2) is 7.25. The van der Waals surface area contributed by atoms with Crippen LogP contribution < -0.4 is 5.32 Å². The summed E-state index contributed by atoms with van der Waals surface area (Å²) in [7, 11) is 2.01. The first-order valence-corrected chi connectivity index (χ1v) is 7.87. The molecule has 19 heavy (non-hydrogen) atoms. The van der Waals surface area contributed by atoms with Gasteiger partial charge in [-0.25, -0.2) is 0 Å². The molecule has 2 heterocycles. The molecule has 2 aliphatic heterocycles. The largest absolute Gasteiger partial charge is 0.339 e. The smallest absolute Gasteiger partial charge is 0.236 e. The van der Waals surface area contributed by atoms with Gasteiger partial charge in [0.05, 0.1) is 6.54 Å². The van der Waals surface area contributed by atoms with Crippen molar-refractivity contribution < 1.29 is 4.79 Å². The standard InChI is InChI=1S/C15H29N3O/c1-13-6-3-4-9-18(13)15(19)12-17-8-5-7-14(11-17)10-16-2/h13-14,16H,3-12H2,1-2H3. The number of likely N-dealkylation sites (tertiary alicyclic amines) is 2. The fourth-order valence-electron chi connectivity index (χ4n) is 3.50. The highest BCUT2D eigenvalue weighted by molar-refractivity contribution is 5.78. The summed E-state index contributed by atoms with van der Waals surface area (Å²) in [6.07, 6.45) is 6.16. The molecular formula is C15H29N3O. The minimum absolute atomic E-state index is 0.345. The topological polar surface area (TPSA) is 35.6 Å². The van der Waals surface area contributed by atoms with E-state index < -0.39 is 0 Å². The Balaban J connectivity index is 1.80. The molecule has 2 saturated heterocycles. The Kier molecular flexibility index (Phi) is 5.64. The first-order chi connectivity index (χ1) is 9.20. The number of hydrogen-bond donors (Lipinski definition) is 1. The molecule has 4 nitrogen and oxygen atoms in total. The maximum Gasteiger partial charge on any atom is 0.236 e. The highest BCUT2D eigenvalue weighted by Crippen LogP contribution is 2.19. The zero-order valence-corrected chi connectivity index (χ0v) is 12.5. The number of amides is 1. The van der Waals surface area contributed by atoms with Crippen molar-refractivity contribution in [1.29, 1.82) is 0 Å². The van der Waals surface area contributed by atoms with Crippen LogP contribution in [0.1, 0.15) is 39.0 Å². The summed E-state index contributed by atoms with van der Waals surface area (Å²) in [5.74, 6) is 1.06. The molecule has 2 atom stereocenters. The van der Waals surface area contributed by atoms with Gasteiger partial charge in [0.2, 0.25) is 5.91 Å². The van der Waals surface area contributed by atoms with Crippen LogP contribution >= 0.6 is 0 Å². The fourth-order valence-corrected chi connectivity index (χ4v) is 3.50. The summed E-state index contributed by atoms with van der Waals surface area (Å²) in [6.45, 7) is 7.03. The van der Waals surface area contributed by atoms with Crippen LogP contribution in [0.5, 0.6) is 0 Å². The van der Waals surface area contributed by atoms with E-state index in [0.29, 0.717) is 24.4 Å². The first kappa shape index (κ1) is 14.8. The number of carbonyl (C=O) groups excluding carboxylic acids is 1. The quantitative estimate of drug-likeness (QED) is 0.834. The Bertz CT molecular complexity index is 293. The summed E-state index contributed by atoms with van der Waals surface area (Å²) in [5, 5.41) is 3.26. The molecule has 0 saturated carbocycles. The monoisotopic (exact) mass is 267 g/mol. The Morgan fingerprint density at radius 2 is 2.05 bits per heavy atom. The summed E-state index contributed by atoms with van der Waals surface area (Å²) in [6, 6.07) is 0.444. The number of hydrogen-bond acceptors (Lipinski definition) is 3. The number of piperidine rings is 2. The van der Waals surface area contributed by atoms with Gasteiger partial charge in [-0.3, -0.25) is 9.69 Å². The maximum absolute atomic E-state index is 12.4. The molecule has 0 aromatic carbocycles. The number of nitrogens with zero attached hydrogens (tertiary/aromatic N) is 2. The van der Waals surface area contributed by atoms with E-state index in [1.807, 2.05) is 7.05 Å².